The number of hydrogen-bond donors (Lipinski definition) is 0. The summed E-state index contributed by atoms with van der Waals surface area (Å²) in [5.74, 6) is 0.461. The maximum absolute atomic E-state index is 12.9. The van der Waals surface area contributed by atoms with E-state index in [9.17, 15) is 9.18 Å². The van der Waals surface area contributed by atoms with Crippen molar-refractivity contribution < 1.29 is 18.7 Å². The van der Waals surface area contributed by atoms with Crippen LogP contribution in [0, 0.1) is 0 Å². The predicted octanol–water partition coefficient (Wildman–Crippen LogP) is 3.65. The lowest BCUT2D eigenvalue weighted by molar-refractivity contribution is -0.140. The highest BCUT2D eigenvalue weighted by atomic mass is 19.1. The van der Waals surface area contributed by atoms with E-state index < -0.39 is 12.6 Å². The van der Waals surface area contributed by atoms with Gasteiger partial charge in [0.2, 0.25) is 0 Å². The van der Waals surface area contributed by atoms with Crippen molar-refractivity contribution in [3.05, 3.63) is 41.5 Å². The van der Waals surface area contributed by atoms with E-state index in [4.69, 9.17) is 9.47 Å². The lowest BCUT2D eigenvalue weighted by Gasteiger charge is -2.11. The predicted molar refractivity (Wildman–Crippen MR) is 76.7 cm³/mol. The van der Waals surface area contributed by atoms with Gasteiger partial charge in [0.25, 0.3) is 0 Å². The van der Waals surface area contributed by atoms with Crippen molar-refractivity contribution in [2.45, 2.75) is 26.7 Å². The van der Waals surface area contributed by atoms with E-state index in [1.165, 1.54) is 6.92 Å². The third kappa shape index (κ3) is 5.43. The third-order valence-corrected chi connectivity index (χ3v) is 2.84. The van der Waals surface area contributed by atoms with Gasteiger partial charge < -0.3 is 9.47 Å². The van der Waals surface area contributed by atoms with Gasteiger partial charge in [-0.1, -0.05) is 25.1 Å². The van der Waals surface area contributed by atoms with Crippen LogP contribution in [0.1, 0.15) is 32.3 Å². The smallest absolute Gasteiger partial charge is 0.302 e. The van der Waals surface area contributed by atoms with Crippen molar-refractivity contribution in [1.82, 2.24) is 0 Å². The Morgan fingerprint density at radius 3 is 2.50 bits per heavy atom. The van der Waals surface area contributed by atoms with E-state index in [0.29, 0.717) is 12.2 Å². The van der Waals surface area contributed by atoms with Gasteiger partial charge in [-0.15, -0.1) is 0 Å². The number of carbonyl (C=O) groups excluding carboxylic acids is 1. The van der Waals surface area contributed by atoms with Gasteiger partial charge in [-0.3, -0.25) is 4.79 Å². The molecular weight excluding hydrogens is 259 g/mol. The Morgan fingerprint density at radius 2 is 2.00 bits per heavy atom. The molecule has 1 aromatic carbocycles. The molecule has 4 heteroatoms. The molecule has 0 aliphatic rings. The molecule has 0 amide bonds. The number of rotatable bonds is 7. The number of alkyl halides is 1. The van der Waals surface area contributed by atoms with Crippen molar-refractivity contribution in [3.8, 4) is 5.75 Å². The Labute approximate surface area is 119 Å². The van der Waals surface area contributed by atoms with Crippen molar-refractivity contribution in [2.24, 2.45) is 0 Å². The molecule has 0 radical (unpaired) electrons. The first-order valence-corrected chi connectivity index (χ1v) is 6.68. The van der Waals surface area contributed by atoms with E-state index in [1.807, 2.05) is 38.1 Å². The van der Waals surface area contributed by atoms with Crippen LogP contribution in [0.3, 0.4) is 0 Å². The van der Waals surface area contributed by atoms with E-state index in [2.05, 4.69) is 0 Å². The summed E-state index contributed by atoms with van der Waals surface area (Å²) in [6.07, 6.45) is 1.79. The number of hydrogen-bond acceptors (Lipinski definition) is 3. The minimum Gasteiger partial charge on any atom is -0.494 e. The second kappa shape index (κ2) is 8.35. The zero-order chi connectivity index (χ0) is 15.0. The Hall–Kier alpha value is -1.84. The van der Waals surface area contributed by atoms with E-state index in [1.54, 1.807) is 6.08 Å². The second-order valence-corrected chi connectivity index (χ2v) is 4.53. The fraction of sp³-hybridized carbons (Fsp3) is 0.438. The zero-order valence-corrected chi connectivity index (χ0v) is 12.2. The summed E-state index contributed by atoms with van der Waals surface area (Å²) in [5.41, 5.74) is 1.53. The molecule has 0 aromatic heterocycles. The highest BCUT2D eigenvalue weighted by Crippen LogP contribution is 2.21. The fourth-order valence-electron chi connectivity index (χ4n) is 1.81. The van der Waals surface area contributed by atoms with Gasteiger partial charge in [-0.25, -0.2) is 4.39 Å². The van der Waals surface area contributed by atoms with Crippen LogP contribution in [0.15, 0.2) is 35.9 Å². The molecule has 0 aliphatic carbocycles. The molecular formula is C16H21FO3. The van der Waals surface area contributed by atoms with Crippen LogP contribution in [0.5, 0.6) is 5.75 Å². The molecule has 0 saturated carbocycles. The van der Waals surface area contributed by atoms with Gasteiger partial charge in [0.05, 0.1) is 6.61 Å². The molecule has 0 heterocycles. The van der Waals surface area contributed by atoms with Gasteiger partial charge in [0, 0.05) is 6.92 Å². The minimum absolute atomic E-state index is 0.00715. The van der Waals surface area contributed by atoms with Crippen molar-refractivity contribution in [3.63, 3.8) is 0 Å². The van der Waals surface area contributed by atoms with E-state index in [-0.39, 0.29) is 12.5 Å². The summed E-state index contributed by atoms with van der Waals surface area (Å²) >= 11 is 0. The lowest BCUT2D eigenvalue weighted by Crippen LogP contribution is -2.06. The summed E-state index contributed by atoms with van der Waals surface area (Å²) in [6.45, 7) is 5.23. The second-order valence-electron chi connectivity index (χ2n) is 4.53. The molecule has 0 fully saturated rings. The maximum Gasteiger partial charge on any atom is 0.302 e. The van der Waals surface area contributed by atoms with Crippen LogP contribution in [-0.2, 0) is 9.53 Å². The molecule has 0 saturated heterocycles. The largest absolute Gasteiger partial charge is 0.494 e. The first-order chi connectivity index (χ1) is 9.56. The molecule has 1 rings (SSSR count). The Kier molecular flexibility index (Phi) is 6.77. The number of allylic oxidation sites excluding steroid dienone is 1. The Morgan fingerprint density at radius 1 is 1.35 bits per heavy atom. The molecule has 1 atom stereocenters. The molecule has 1 unspecified atom stereocenters. The maximum atomic E-state index is 12.9. The first kappa shape index (κ1) is 16.2. The van der Waals surface area contributed by atoms with Crippen molar-refractivity contribution in [2.75, 3.05) is 19.9 Å². The monoisotopic (exact) mass is 280 g/mol. The Balaban J connectivity index is 2.71. The molecule has 20 heavy (non-hydrogen) atoms. The van der Waals surface area contributed by atoms with Crippen LogP contribution in [0.4, 0.5) is 4.39 Å². The first-order valence-electron chi connectivity index (χ1n) is 6.68. The van der Waals surface area contributed by atoms with Crippen LogP contribution in [0.25, 0.3) is 0 Å². The summed E-state index contributed by atoms with van der Waals surface area (Å²) < 4.78 is 23.1. The van der Waals surface area contributed by atoms with Gasteiger partial charge >= 0.3 is 5.97 Å². The van der Waals surface area contributed by atoms with E-state index >= 15 is 0 Å². The zero-order valence-electron chi connectivity index (χ0n) is 12.2. The number of ether oxygens (including phenoxy) is 2. The van der Waals surface area contributed by atoms with Gasteiger partial charge in [0.1, 0.15) is 19.0 Å². The van der Waals surface area contributed by atoms with E-state index in [0.717, 1.165) is 11.3 Å². The molecule has 0 bridgehead atoms. The minimum atomic E-state index is -0.616. The fourth-order valence-corrected chi connectivity index (χ4v) is 1.81. The topological polar surface area (TPSA) is 35.5 Å². The summed E-state index contributed by atoms with van der Waals surface area (Å²) in [6, 6.07) is 7.69. The average Bonchev–Trinajstić information content (AvgIpc) is 2.44. The van der Waals surface area contributed by atoms with Crippen LogP contribution < -0.4 is 4.74 Å². The normalized spacial score (nSPS) is 12.9. The Bertz CT molecular complexity index is 451. The number of carbonyl (C=O) groups is 1. The van der Waals surface area contributed by atoms with Crippen molar-refractivity contribution in [1.29, 1.82) is 0 Å². The van der Waals surface area contributed by atoms with Crippen LogP contribution >= 0.6 is 0 Å². The third-order valence-electron chi connectivity index (χ3n) is 2.84. The quantitative estimate of drug-likeness (QED) is 0.565. The summed E-state index contributed by atoms with van der Waals surface area (Å²) in [7, 11) is 0. The van der Waals surface area contributed by atoms with Gasteiger partial charge in [-0.05, 0) is 36.1 Å². The summed E-state index contributed by atoms with van der Waals surface area (Å²) in [5, 5.41) is 0. The molecule has 110 valence electrons. The van der Waals surface area contributed by atoms with Crippen LogP contribution in [0.2, 0.25) is 0 Å². The standard InChI is InChI=1S/C16H21FO3/c1-4-19-16-7-5-15(6-8-16)12(2)9-14(10-17)11-20-13(3)18/h5-9,12H,4,10-11H2,1-3H3/b14-9+. The average molecular weight is 280 g/mol. The number of halogens is 1. The molecule has 1 aromatic rings. The molecule has 0 spiro atoms. The number of esters is 1. The molecule has 0 N–H and O–H groups in total. The molecule has 3 nitrogen and oxygen atoms in total. The highest BCUT2D eigenvalue weighted by molar-refractivity contribution is 5.66. The van der Waals surface area contributed by atoms with Crippen molar-refractivity contribution >= 4 is 5.97 Å². The SMILES string of the molecule is CCOc1ccc(C(C)/C=C(\CF)COC(C)=O)cc1. The number of benzene rings is 1. The van der Waals surface area contributed by atoms with Gasteiger partial charge in [-0.2, -0.15) is 0 Å². The highest BCUT2D eigenvalue weighted by Gasteiger charge is 2.07. The van der Waals surface area contributed by atoms with Crippen LogP contribution in [-0.4, -0.2) is 25.9 Å². The molecule has 0 aliphatic heterocycles. The summed E-state index contributed by atoms with van der Waals surface area (Å²) in [4.78, 5) is 10.7. The lowest BCUT2D eigenvalue weighted by atomic mass is 9.98. The van der Waals surface area contributed by atoms with Gasteiger partial charge in [0.15, 0.2) is 0 Å².